The fraction of sp³-hybridized carbons (Fsp3) is 0.878. The van der Waals surface area contributed by atoms with E-state index in [-0.39, 0.29) is 25.8 Å². The molecule has 0 heterocycles. The average Bonchev–Trinajstić information content (AvgIpc) is 3.06. The molecule has 0 aromatic rings. The molecule has 0 radical (unpaired) electrons. The minimum Gasteiger partial charge on any atom is -0.756 e. The van der Waals surface area contributed by atoms with Crippen molar-refractivity contribution >= 4 is 13.8 Å². The first kappa shape index (κ1) is 49.0. The van der Waals surface area contributed by atoms with E-state index < -0.39 is 13.9 Å². The number of carbonyl (C=O) groups excluding carboxylic acids is 1. The molecule has 0 aromatic carbocycles. The summed E-state index contributed by atoms with van der Waals surface area (Å²) in [5, 5.41) is 0. The third kappa shape index (κ3) is 38.2. The van der Waals surface area contributed by atoms with Gasteiger partial charge in [0.15, 0.2) is 0 Å². The zero-order valence-corrected chi connectivity index (χ0v) is 34.2. The van der Waals surface area contributed by atoms with Crippen LogP contribution in [-0.2, 0) is 27.9 Å². The number of esters is 1. The lowest BCUT2D eigenvalue weighted by Gasteiger charge is -2.28. The van der Waals surface area contributed by atoms with Gasteiger partial charge in [-0.1, -0.05) is 128 Å². The number of phosphoric ester groups is 1. The molecule has 0 saturated heterocycles. The van der Waals surface area contributed by atoms with Crippen molar-refractivity contribution in [2.24, 2.45) is 0 Å². The molecule has 0 amide bonds. The topological polar surface area (TPSA) is 94.1 Å². The standard InChI is InChI=1S/C41H80NO7P/c1-6-8-10-12-14-16-18-20-21-22-23-25-27-29-31-33-36-46-38-40(39-48-50(44,45)47-37-35-42(3,4)5)49-41(43)34-32-30-28-26-24-19-17-15-13-11-9-7-2/h15,17,20-21,40H,6-14,16,18-19,22-39H2,1-5H3/b17-15-,21-20-. The molecule has 8 nitrogen and oxygen atoms in total. The molecule has 0 aliphatic carbocycles. The van der Waals surface area contributed by atoms with E-state index in [0.29, 0.717) is 24.1 Å². The van der Waals surface area contributed by atoms with E-state index in [4.69, 9.17) is 18.5 Å². The Hall–Kier alpha value is -1.02. The van der Waals surface area contributed by atoms with Crippen LogP contribution < -0.4 is 4.89 Å². The molecule has 0 bridgehead atoms. The van der Waals surface area contributed by atoms with E-state index in [1.165, 1.54) is 109 Å². The van der Waals surface area contributed by atoms with Crippen LogP contribution in [0, 0.1) is 0 Å². The van der Waals surface area contributed by atoms with Crippen molar-refractivity contribution in [3.63, 3.8) is 0 Å². The highest BCUT2D eigenvalue weighted by molar-refractivity contribution is 7.45. The maximum atomic E-state index is 12.6. The number of phosphoric acid groups is 1. The smallest absolute Gasteiger partial charge is 0.306 e. The Morgan fingerprint density at radius 3 is 1.56 bits per heavy atom. The van der Waals surface area contributed by atoms with Gasteiger partial charge in [0.05, 0.1) is 34.4 Å². The normalized spacial score (nSPS) is 14.1. The van der Waals surface area contributed by atoms with Crippen LogP contribution in [0.3, 0.4) is 0 Å². The van der Waals surface area contributed by atoms with Crippen LogP contribution in [0.25, 0.3) is 0 Å². The molecule has 0 aliphatic heterocycles. The Morgan fingerprint density at radius 2 is 1.04 bits per heavy atom. The number of nitrogens with zero attached hydrogens (tertiary/aromatic N) is 1. The van der Waals surface area contributed by atoms with E-state index in [0.717, 1.165) is 44.9 Å². The third-order valence-electron chi connectivity index (χ3n) is 8.73. The predicted octanol–water partition coefficient (Wildman–Crippen LogP) is 11.0. The summed E-state index contributed by atoms with van der Waals surface area (Å²) >= 11 is 0. The fourth-order valence-corrected chi connectivity index (χ4v) is 6.20. The molecule has 50 heavy (non-hydrogen) atoms. The average molecular weight is 730 g/mol. The number of allylic oxidation sites excluding steroid dienone is 4. The number of rotatable bonds is 38. The van der Waals surface area contributed by atoms with Crippen LogP contribution in [0.1, 0.15) is 174 Å². The predicted molar refractivity (Wildman–Crippen MR) is 208 cm³/mol. The number of carbonyl (C=O) groups is 1. The second kappa shape index (κ2) is 35.0. The number of hydrogen-bond donors (Lipinski definition) is 0. The summed E-state index contributed by atoms with van der Waals surface area (Å²) in [6.45, 7) is 5.36. The van der Waals surface area contributed by atoms with E-state index in [9.17, 15) is 14.3 Å². The molecule has 0 spiro atoms. The van der Waals surface area contributed by atoms with Crippen LogP contribution in [0.2, 0.25) is 0 Å². The molecule has 0 aliphatic rings. The van der Waals surface area contributed by atoms with Gasteiger partial charge in [-0.2, -0.15) is 0 Å². The largest absolute Gasteiger partial charge is 0.756 e. The number of hydrogen-bond acceptors (Lipinski definition) is 7. The van der Waals surface area contributed by atoms with Gasteiger partial charge in [0.1, 0.15) is 19.3 Å². The number of ether oxygens (including phenoxy) is 2. The minimum atomic E-state index is -4.52. The zero-order valence-electron chi connectivity index (χ0n) is 33.4. The molecule has 9 heteroatoms. The summed E-state index contributed by atoms with van der Waals surface area (Å²) in [7, 11) is 1.35. The molecular weight excluding hydrogens is 649 g/mol. The lowest BCUT2D eigenvalue weighted by Crippen LogP contribution is -2.37. The Labute approximate surface area is 309 Å². The van der Waals surface area contributed by atoms with E-state index >= 15 is 0 Å². The van der Waals surface area contributed by atoms with Gasteiger partial charge >= 0.3 is 5.97 Å². The number of unbranched alkanes of at least 4 members (excludes halogenated alkanes) is 20. The van der Waals surface area contributed by atoms with Crippen LogP contribution in [0.15, 0.2) is 24.3 Å². The minimum absolute atomic E-state index is 0.0242. The van der Waals surface area contributed by atoms with Crippen molar-refractivity contribution in [3.05, 3.63) is 24.3 Å². The van der Waals surface area contributed by atoms with Crippen molar-refractivity contribution in [2.75, 3.05) is 54.1 Å². The summed E-state index contributed by atoms with van der Waals surface area (Å²) in [6.07, 6.45) is 37.5. The lowest BCUT2D eigenvalue weighted by atomic mass is 10.1. The second-order valence-electron chi connectivity index (χ2n) is 15.0. The maximum absolute atomic E-state index is 12.6. The van der Waals surface area contributed by atoms with Crippen molar-refractivity contribution in [2.45, 2.75) is 180 Å². The number of quaternary nitrogens is 1. The Balaban J connectivity index is 4.27. The molecule has 2 unspecified atom stereocenters. The summed E-state index contributed by atoms with van der Waals surface area (Å²) in [4.78, 5) is 24.9. The molecule has 0 saturated carbocycles. The van der Waals surface area contributed by atoms with Crippen molar-refractivity contribution in [1.29, 1.82) is 0 Å². The molecule has 296 valence electrons. The van der Waals surface area contributed by atoms with Crippen molar-refractivity contribution in [3.8, 4) is 0 Å². The van der Waals surface area contributed by atoms with Gasteiger partial charge < -0.3 is 27.9 Å². The van der Waals surface area contributed by atoms with Crippen molar-refractivity contribution < 1.29 is 37.3 Å². The Bertz CT molecular complexity index is 858. The van der Waals surface area contributed by atoms with E-state index in [1.54, 1.807) is 0 Å². The van der Waals surface area contributed by atoms with Crippen LogP contribution in [0.4, 0.5) is 0 Å². The Kier molecular flexibility index (Phi) is 34.3. The fourth-order valence-electron chi connectivity index (χ4n) is 5.48. The van der Waals surface area contributed by atoms with Gasteiger partial charge in [-0.3, -0.25) is 9.36 Å². The van der Waals surface area contributed by atoms with Gasteiger partial charge in [-0.25, -0.2) is 0 Å². The highest BCUT2D eigenvalue weighted by Gasteiger charge is 2.20. The maximum Gasteiger partial charge on any atom is 0.306 e. The molecule has 0 rings (SSSR count). The third-order valence-corrected chi connectivity index (χ3v) is 9.69. The highest BCUT2D eigenvalue weighted by Crippen LogP contribution is 2.38. The van der Waals surface area contributed by atoms with Crippen molar-refractivity contribution in [1.82, 2.24) is 0 Å². The van der Waals surface area contributed by atoms with Gasteiger partial charge in [0.2, 0.25) is 0 Å². The first-order valence-electron chi connectivity index (χ1n) is 20.6. The quantitative estimate of drug-likeness (QED) is 0.0205. The van der Waals surface area contributed by atoms with E-state index in [1.807, 2.05) is 21.1 Å². The lowest BCUT2D eigenvalue weighted by molar-refractivity contribution is -0.870. The first-order chi connectivity index (χ1) is 24.1. The first-order valence-corrected chi connectivity index (χ1v) is 22.0. The summed E-state index contributed by atoms with van der Waals surface area (Å²) in [5.41, 5.74) is 0. The molecular formula is C41H80NO7P. The van der Waals surface area contributed by atoms with Crippen LogP contribution in [0.5, 0.6) is 0 Å². The second-order valence-corrected chi connectivity index (χ2v) is 16.4. The summed E-state index contributed by atoms with van der Waals surface area (Å²) < 4.78 is 34.5. The van der Waals surface area contributed by atoms with E-state index in [2.05, 4.69) is 38.2 Å². The molecule has 2 atom stereocenters. The van der Waals surface area contributed by atoms with Gasteiger partial charge in [-0.15, -0.1) is 0 Å². The molecule has 0 fully saturated rings. The monoisotopic (exact) mass is 730 g/mol. The highest BCUT2D eigenvalue weighted by atomic mass is 31.2. The molecule has 0 N–H and O–H groups in total. The van der Waals surface area contributed by atoms with Gasteiger partial charge in [0.25, 0.3) is 7.82 Å². The summed E-state index contributed by atoms with van der Waals surface area (Å²) in [6, 6.07) is 0. The Morgan fingerprint density at radius 1 is 0.600 bits per heavy atom. The van der Waals surface area contributed by atoms with Crippen LogP contribution in [-0.4, -0.2) is 70.7 Å². The van der Waals surface area contributed by atoms with Gasteiger partial charge in [0, 0.05) is 13.0 Å². The molecule has 0 aromatic heterocycles. The SMILES string of the molecule is CCCCC/C=C\CCCCCCCC(=O)OC(COCCCCCCCC/C=C\CCCCCCCC)COP(=O)([O-])OCC[N+](C)(C)C. The van der Waals surface area contributed by atoms with Crippen LogP contribution >= 0.6 is 7.82 Å². The zero-order chi connectivity index (χ0) is 37.0. The summed E-state index contributed by atoms with van der Waals surface area (Å²) in [5.74, 6) is -0.346. The van der Waals surface area contributed by atoms with Gasteiger partial charge in [-0.05, 0) is 64.2 Å². The number of likely N-dealkylation sites (N-methyl/N-ethyl adjacent to an activating group) is 1.